The van der Waals surface area contributed by atoms with E-state index in [1.807, 2.05) is 31.2 Å². The lowest BCUT2D eigenvalue weighted by atomic mass is 10.2. The largest absolute Gasteiger partial charge is 0.463 e. The van der Waals surface area contributed by atoms with Gasteiger partial charge in [0.2, 0.25) is 0 Å². The number of amides is 2. The third kappa shape index (κ3) is 3.79. The number of rotatable bonds is 4. The minimum absolute atomic E-state index is 0.337. The van der Waals surface area contributed by atoms with Crippen molar-refractivity contribution in [1.82, 2.24) is 20.0 Å². The van der Waals surface area contributed by atoms with E-state index in [9.17, 15) is 9.59 Å². The molecule has 0 fully saturated rings. The Morgan fingerprint density at radius 1 is 1.07 bits per heavy atom. The first kappa shape index (κ1) is 18.2. The van der Waals surface area contributed by atoms with E-state index in [1.54, 1.807) is 36.1 Å². The molecule has 3 N–H and O–H groups in total. The monoisotopic (exact) mass is 390 g/mol. The highest BCUT2D eigenvalue weighted by atomic mass is 16.3. The third-order valence-corrected chi connectivity index (χ3v) is 4.29. The lowest BCUT2D eigenvalue weighted by Crippen LogP contribution is -2.30. The van der Waals surface area contributed by atoms with E-state index in [2.05, 4.69) is 25.9 Å². The van der Waals surface area contributed by atoms with E-state index in [-0.39, 0.29) is 0 Å². The number of benzene rings is 1. The zero-order valence-corrected chi connectivity index (χ0v) is 15.8. The van der Waals surface area contributed by atoms with Crippen LogP contribution in [0, 0.1) is 13.8 Å². The number of aromatic nitrogens is 4. The van der Waals surface area contributed by atoms with Crippen LogP contribution in [0.2, 0.25) is 0 Å². The van der Waals surface area contributed by atoms with Crippen LogP contribution in [0.4, 0.5) is 11.5 Å². The second-order valence-corrected chi connectivity index (χ2v) is 6.46. The number of H-pyrrole nitrogens is 1. The summed E-state index contributed by atoms with van der Waals surface area (Å²) in [5, 5.41) is 16.2. The second kappa shape index (κ2) is 7.47. The highest BCUT2D eigenvalue weighted by molar-refractivity contribution is 6.43. The standard InChI is InChI=1S/C20H18N6O3/c1-12-5-7-14(8-6-12)26-18(10-15(25-26)17-4-3-9-29-17)23-20(28)19(27)22-16-11-21-24-13(16)2/h3-11H,1-2H3,(H,21,24)(H,22,27)(H,23,28). The first-order valence-electron chi connectivity index (χ1n) is 8.84. The van der Waals surface area contributed by atoms with Gasteiger partial charge in [-0.3, -0.25) is 14.7 Å². The molecule has 0 saturated carbocycles. The van der Waals surface area contributed by atoms with Crippen LogP contribution >= 0.6 is 0 Å². The Morgan fingerprint density at radius 3 is 2.48 bits per heavy atom. The molecule has 0 aliphatic rings. The molecule has 9 heteroatoms. The van der Waals surface area contributed by atoms with Crippen LogP contribution in [-0.2, 0) is 9.59 Å². The molecule has 146 valence electrons. The maximum Gasteiger partial charge on any atom is 0.315 e. The van der Waals surface area contributed by atoms with Crippen molar-refractivity contribution in [1.29, 1.82) is 0 Å². The number of hydrogen-bond donors (Lipinski definition) is 3. The van der Waals surface area contributed by atoms with Crippen molar-refractivity contribution in [3.63, 3.8) is 0 Å². The van der Waals surface area contributed by atoms with Crippen LogP contribution in [0.3, 0.4) is 0 Å². The van der Waals surface area contributed by atoms with Crippen molar-refractivity contribution in [2.75, 3.05) is 10.6 Å². The number of carbonyl (C=O) groups is 2. The van der Waals surface area contributed by atoms with Crippen LogP contribution < -0.4 is 10.6 Å². The summed E-state index contributed by atoms with van der Waals surface area (Å²) < 4.78 is 6.95. The van der Waals surface area contributed by atoms with Crippen molar-refractivity contribution in [2.24, 2.45) is 0 Å². The Hall–Kier alpha value is -4.14. The normalized spacial score (nSPS) is 10.7. The van der Waals surface area contributed by atoms with Gasteiger partial charge in [-0.1, -0.05) is 17.7 Å². The number of anilines is 2. The highest BCUT2D eigenvalue weighted by Gasteiger charge is 2.20. The second-order valence-electron chi connectivity index (χ2n) is 6.46. The molecule has 4 rings (SSSR count). The van der Waals surface area contributed by atoms with Gasteiger partial charge >= 0.3 is 11.8 Å². The Kier molecular flexibility index (Phi) is 4.70. The van der Waals surface area contributed by atoms with Crippen molar-refractivity contribution >= 4 is 23.3 Å². The number of hydrogen-bond acceptors (Lipinski definition) is 5. The molecule has 0 saturated heterocycles. The number of carbonyl (C=O) groups excluding carboxylic acids is 2. The maximum atomic E-state index is 12.5. The van der Waals surface area contributed by atoms with Gasteiger partial charge < -0.3 is 15.1 Å². The number of nitrogens with zero attached hydrogens (tertiary/aromatic N) is 3. The van der Waals surface area contributed by atoms with E-state index in [0.29, 0.717) is 28.7 Å². The molecule has 29 heavy (non-hydrogen) atoms. The zero-order chi connectivity index (χ0) is 20.4. The Morgan fingerprint density at radius 2 is 1.83 bits per heavy atom. The summed E-state index contributed by atoms with van der Waals surface area (Å²) in [5.74, 6) is -0.760. The molecule has 0 aliphatic carbocycles. The summed E-state index contributed by atoms with van der Waals surface area (Å²) in [7, 11) is 0. The molecule has 3 heterocycles. The molecule has 9 nitrogen and oxygen atoms in total. The summed E-state index contributed by atoms with van der Waals surface area (Å²) >= 11 is 0. The van der Waals surface area contributed by atoms with Crippen molar-refractivity contribution in [3.05, 3.63) is 66.2 Å². The molecule has 0 bridgehead atoms. The number of nitrogens with one attached hydrogen (secondary N) is 3. The molecular weight excluding hydrogens is 372 g/mol. The van der Waals surface area contributed by atoms with Gasteiger partial charge in [0.15, 0.2) is 5.76 Å². The van der Waals surface area contributed by atoms with E-state index < -0.39 is 11.8 Å². The molecule has 0 atom stereocenters. The fraction of sp³-hybridized carbons (Fsp3) is 0.100. The molecule has 1 aromatic carbocycles. The average Bonchev–Trinajstić information content (AvgIpc) is 3.44. The number of aryl methyl sites for hydroxylation is 2. The van der Waals surface area contributed by atoms with Gasteiger partial charge in [-0.05, 0) is 38.1 Å². The van der Waals surface area contributed by atoms with Crippen LogP contribution in [0.25, 0.3) is 17.1 Å². The zero-order valence-electron chi connectivity index (χ0n) is 15.8. The van der Waals surface area contributed by atoms with Gasteiger partial charge in [-0.25, -0.2) is 4.68 Å². The predicted molar refractivity (Wildman–Crippen MR) is 107 cm³/mol. The van der Waals surface area contributed by atoms with Gasteiger partial charge in [0.05, 0.1) is 29.5 Å². The van der Waals surface area contributed by atoms with Gasteiger partial charge in [0, 0.05) is 6.07 Å². The van der Waals surface area contributed by atoms with Gasteiger partial charge in [-0.2, -0.15) is 10.2 Å². The average molecular weight is 390 g/mol. The minimum atomic E-state index is -0.829. The van der Waals surface area contributed by atoms with Gasteiger partial charge in [0.1, 0.15) is 11.5 Å². The first-order chi connectivity index (χ1) is 14.0. The number of aromatic amines is 1. The molecule has 0 spiro atoms. The first-order valence-corrected chi connectivity index (χ1v) is 8.84. The molecule has 0 aliphatic heterocycles. The highest BCUT2D eigenvalue weighted by Crippen LogP contribution is 2.25. The Labute approximate surface area is 165 Å². The van der Waals surface area contributed by atoms with E-state index in [1.165, 1.54) is 6.20 Å². The lowest BCUT2D eigenvalue weighted by Gasteiger charge is -2.09. The van der Waals surface area contributed by atoms with E-state index in [4.69, 9.17) is 4.42 Å². The smallest absolute Gasteiger partial charge is 0.315 e. The SMILES string of the molecule is Cc1ccc(-n2nc(-c3ccco3)cc2NC(=O)C(=O)Nc2cn[nH]c2C)cc1. The summed E-state index contributed by atoms with van der Waals surface area (Å²) in [6, 6.07) is 12.8. The van der Waals surface area contributed by atoms with Crippen LogP contribution in [0.1, 0.15) is 11.3 Å². The van der Waals surface area contributed by atoms with Crippen LogP contribution in [-0.4, -0.2) is 31.8 Å². The van der Waals surface area contributed by atoms with Gasteiger partial charge in [-0.15, -0.1) is 0 Å². The van der Waals surface area contributed by atoms with Crippen LogP contribution in [0.5, 0.6) is 0 Å². The van der Waals surface area contributed by atoms with E-state index in [0.717, 1.165) is 11.3 Å². The Bertz CT molecular complexity index is 1160. The summed E-state index contributed by atoms with van der Waals surface area (Å²) in [6.45, 7) is 3.72. The molecule has 0 radical (unpaired) electrons. The molecular formula is C20H18N6O3. The van der Waals surface area contributed by atoms with Crippen molar-refractivity contribution in [2.45, 2.75) is 13.8 Å². The lowest BCUT2D eigenvalue weighted by molar-refractivity contribution is -0.133. The molecule has 0 unspecified atom stereocenters. The topological polar surface area (TPSA) is 118 Å². The molecule has 2 amide bonds. The predicted octanol–water partition coefficient (Wildman–Crippen LogP) is 3.05. The van der Waals surface area contributed by atoms with Gasteiger partial charge in [0.25, 0.3) is 0 Å². The minimum Gasteiger partial charge on any atom is -0.463 e. The van der Waals surface area contributed by atoms with E-state index >= 15 is 0 Å². The fourth-order valence-corrected chi connectivity index (χ4v) is 2.73. The summed E-state index contributed by atoms with van der Waals surface area (Å²) in [6.07, 6.45) is 2.98. The Balaban J connectivity index is 1.63. The van der Waals surface area contributed by atoms with Crippen LogP contribution in [0.15, 0.2) is 59.3 Å². The number of furan rings is 1. The third-order valence-electron chi connectivity index (χ3n) is 4.29. The maximum absolute atomic E-state index is 12.5. The molecule has 3 aromatic heterocycles. The quantitative estimate of drug-likeness (QED) is 0.463. The summed E-state index contributed by atoms with van der Waals surface area (Å²) in [5.41, 5.74) is 3.43. The van der Waals surface area contributed by atoms with Crippen molar-refractivity contribution < 1.29 is 14.0 Å². The van der Waals surface area contributed by atoms with Crippen molar-refractivity contribution in [3.8, 4) is 17.1 Å². The summed E-state index contributed by atoms with van der Waals surface area (Å²) in [4.78, 5) is 24.7. The molecule has 4 aromatic rings. The fourth-order valence-electron chi connectivity index (χ4n) is 2.73.